The van der Waals surface area contributed by atoms with Crippen LogP contribution >= 0.6 is 0 Å². The van der Waals surface area contributed by atoms with Crippen molar-refractivity contribution in [1.82, 2.24) is 10.2 Å². The highest BCUT2D eigenvalue weighted by molar-refractivity contribution is 4.93. The smallest absolute Gasteiger partial charge is 0.0462 e. The lowest BCUT2D eigenvalue weighted by molar-refractivity contribution is 0.0778. The Morgan fingerprint density at radius 2 is 2.12 bits per heavy atom. The molecule has 0 aromatic carbocycles. The van der Waals surface area contributed by atoms with Crippen molar-refractivity contribution in [3.63, 3.8) is 0 Å². The van der Waals surface area contributed by atoms with Crippen LogP contribution in [-0.2, 0) is 4.74 Å². The third kappa shape index (κ3) is 4.57. The van der Waals surface area contributed by atoms with Crippen molar-refractivity contribution in [3.05, 3.63) is 0 Å². The largest absolute Gasteiger partial charge is 0.385 e. The number of unbranched alkanes of at least 4 members (excludes halogenated alkanes) is 1. The van der Waals surface area contributed by atoms with Gasteiger partial charge in [0.1, 0.15) is 0 Å². The Morgan fingerprint density at radius 1 is 1.35 bits per heavy atom. The lowest BCUT2D eigenvalue weighted by atomic mass is 9.92. The van der Waals surface area contributed by atoms with Gasteiger partial charge in [-0.15, -0.1) is 0 Å². The number of ether oxygens (including phenoxy) is 1. The highest BCUT2D eigenvalue weighted by Gasteiger charge is 2.33. The van der Waals surface area contributed by atoms with E-state index in [9.17, 15) is 0 Å². The van der Waals surface area contributed by atoms with Gasteiger partial charge >= 0.3 is 0 Å². The Hall–Kier alpha value is -0.120. The van der Waals surface area contributed by atoms with Crippen LogP contribution in [-0.4, -0.2) is 49.8 Å². The lowest BCUT2D eigenvalue weighted by Gasteiger charge is -2.46. The maximum atomic E-state index is 5.12. The fourth-order valence-electron chi connectivity index (χ4n) is 2.59. The topological polar surface area (TPSA) is 24.5 Å². The van der Waals surface area contributed by atoms with E-state index in [4.69, 9.17) is 4.74 Å². The SMILES string of the molecule is CCC1CNC(C)(CC)CN1CCCCOC. The van der Waals surface area contributed by atoms with Crippen LogP contribution in [0.3, 0.4) is 0 Å². The predicted octanol–water partition coefficient (Wildman–Crippen LogP) is 2.27. The second kappa shape index (κ2) is 7.34. The van der Waals surface area contributed by atoms with Crippen LogP contribution in [0, 0.1) is 0 Å². The van der Waals surface area contributed by atoms with E-state index in [0.29, 0.717) is 5.54 Å². The molecule has 2 atom stereocenters. The maximum absolute atomic E-state index is 5.12. The molecular weight excluding hydrogens is 212 g/mol. The molecule has 0 aliphatic carbocycles. The Balaban J connectivity index is 2.40. The van der Waals surface area contributed by atoms with Crippen LogP contribution in [0.1, 0.15) is 46.5 Å². The van der Waals surface area contributed by atoms with Gasteiger partial charge in [-0.2, -0.15) is 0 Å². The fourth-order valence-corrected chi connectivity index (χ4v) is 2.59. The second-order valence-electron chi connectivity index (χ2n) is 5.53. The van der Waals surface area contributed by atoms with Crippen LogP contribution < -0.4 is 5.32 Å². The van der Waals surface area contributed by atoms with Gasteiger partial charge in [0.15, 0.2) is 0 Å². The van der Waals surface area contributed by atoms with Gasteiger partial charge in [-0.25, -0.2) is 0 Å². The number of nitrogens with zero attached hydrogens (tertiary/aromatic N) is 1. The third-order valence-electron chi connectivity index (χ3n) is 4.13. The Bertz CT molecular complexity index is 210. The first-order valence-corrected chi connectivity index (χ1v) is 7.13. The van der Waals surface area contributed by atoms with Crippen LogP contribution in [0.4, 0.5) is 0 Å². The summed E-state index contributed by atoms with van der Waals surface area (Å²) in [5, 5.41) is 3.71. The molecule has 1 N–H and O–H groups in total. The molecule has 2 unspecified atom stereocenters. The minimum absolute atomic E-state index is 0.312. The van der Waals surface area contributed by atoms with E-state index in [1.54, 1.807) is 7.11 Å². The molecule has 1 saturated heterocycles. The van der Waals surface area contributed by atoms with Crippen molar-refractivity contribution >= 4 is 0 Å². The monoisotopic (exact) mass is 242 g/mol. The van der Waals surface area contributed by atoms with Gasteiger partial charge in [0.05, 0.1) is 0 Å². The molecule has 3 heteroatoms. The van der Waals surface area contributed by atoms with E-state index in [1.165, 1.54) is 38.8 Å². The summed E-state index contributed by atoms with van der Waals surface area (Å²) in [4.78, 5) is 2.68. The molecule has 102 valence electrons. The van der Waals surface area contributed by atoms with Crippen molar-refractivity contribution in [2.45, 2.75) is 58.0 Å². The van der Waals surface area contributed by atoms with E-state index in [0.717, 1.165) is 19.2 Å². The summed E-state index contributed by atoms with van der Waals surface area (Å²) in [6, 6.07) is 0.720. The molecule has 3 nitrogen and oxygen atoms in total. The summed E-state index contributed by atoms with van der Waals surface area (Å²) >= 11 is 0. The number of nitrogens with one attached hydrogen (secondary N) is 1. The third-order valence-corrected chi connectivity index (χ3v) is 4.13. The molecule has 17 heavy (non-hydrogen) atoms. The van der Waals surface area contributed by atoms with Gasteiger partial charge < -0.3 is 10.1 Å². The van der Waals surface area contributed by atoms with Crippen molar-refractivity contribution in [3.8, 4) is 0 Å². The molecule has 1 fully saturated rings. The highest BCUT2D eigenvalue weighted by atomic mass is 16.5. The number of rotatable bonds is 7. The molecule has 0 aromatic heterocycles. The molecule has 0 aromatic rings. The quantitative estimate of drug-likeness (QED) is 0.693. The van der Waals surface area contributed by atoms with Crippen molar-refractivity contribution in [2.75, 3.05) is 33.4 Å². The van der Waals surface area contributed by atoms with Gasteiger partial charge in [0, 0.05) is 38.4 Å². The Kier molecular flexibility index (Phi) is 6.45. The van der Waals surface area contributed by atoms with E-state index in [2.05, 4.69) is 31.0 Å². The lowest BCUT2D eigenvalue weighted by Crippen LogP contribution is -2.62. The van der Waals surface area contributed by atoms with Crippen molar-refractivity contribution in [1.29, 1.82) is 0 Å². The molecule has 1 rings (SSSR count). The number of methoxy groups -OCH3 is 1. The van der Waals surface area contributed by atoms with E-state index >= 15 is 0 Å². The first-order chi connectivity index (χ1) is 8.15. The molecule has 1 aliphatic rings. The number of hydrogen-bond donors (Lipinski definition) is 1. The van der Waals surface area contributed by atoms with Crippen LogP contribution in [0.15, 0.2) is 0 Å². The summed E-state index contributed by atoms with van der Waals surface area (Å²) in [7, 11) is 1.79. The Labute approximate surface area is 107 Å². The van der Waals surface area contributed by atoms with Crippen LogP contribution in [0.5, 0.6) is 0 Å². The van der Waals surface area contributed by atoms with Crippen molar-refractivity contribution < 1.29 is 4.74 Å². The molecule has 0 bridgehead atoms. The van der Waals surface area contributed by atoms with Crippen molar-refractivity contribution in [2.24, 2.45) is 0 Å². The average Bonchev–Trinajstić information content (AvgIpc) is 2.35. The zero-order valence-corrected chi connectivity index (χ0v) is 12.1. The van der Waals surface area contributed by atoms with Gasteiger partial charge in [0.25, 0.3) is 0 Å². The molecule has 1 aliphatic heterocycles. The minimum atomic E-state index is 0.312. The molecule has 0 saturated carbocycles. The summed E-state index contributed by atoms with van der Waals surface area (Å²) < 4.78 is 5.12. The number of piperazine rings is 1. The first-order valence-electron chi connectivity index (χ1n) is 7.13. The van der Waals surface area contributed by atoms with E-state index in [1.807, 2.05) is 0 Å². The highest BCUT2D eigenvalue weighted by Crippen LogP contribution is 2.20. The summed E-state index contributed by atoms with van der Waals surface area (Å²) in [5.74, 6) is 0. The summed E-state index contributed by atoms with van der Waals surface area (Å²) in [5.41, 5.74) is 0.312. The van der Waals surface area contributed by atoms with Crippen LogP contribution in [0.2, 0.25) is 0 Å². The fraction of sp³-hybridized carbons (Fsp3) is 1.00. The zero-order valence-electron chi connectivity index (χ0n) is 12.1. The molecule has 0 radical (unpaired) electrons. The molecule has 0 amide bonds. The predicted molar refractivity (Wildman–Crippen MR) is 73.5 cm³/mol. The van der Waals surface area contributed by atoms with Gasteiger partial charge in [-0.05, 0) is 39.2 Å². The van der Waals surface area contributed by atoms with Gasteiger partial charge in [0.2, 0.25) is 0 Å². The molecule has 1 heterocycles. The average molecular weight is 242 g/mol. The standard InChI is InChI=1S/C14H30N2O/c1-5-13-11-15-14(3,6-2)12-16(13)9-7-8-10-17-4/h13,15H,5-12H2,1-4H3. The normalized spacial score (nSPS) is 30.7. The molecular formula is C14H30N2O. The zero-order chi connectivity index (χ0) is 12.7. The van der Waals surface area contributed by atoms with Crippen LogP contribution in [0.25, 0.3) is 0 Å². The Morgan fingerprint density at radius 3 is 2.71 bits per heavy atom. The summed E-state index contributed by atoms with van der Waals surface area (Å²) in [6.07, 6.45) is 4.89. The first kappa shape index (κ1) is 14.9. The van der Waals surface area contributed by atoms with Gasteiger partial charge in [-0.1, -0.05) is 13.8 Å². The second-order valence-corrected chi connectivity index (χ2v) is 5.53. The maximum Gasteiger partial charge on any atom is 0.0462 e. The molecule has 0 spiro atoms. The summed E-state index contributed by atoms with van der Waals surface area (Å²) in [6.45, 7) is 11.4. The minimum Gasteiger partial charge on any atom is -0.385 e. The van der Waals surface area contributed by atoms with E-state index in [-0.39, 0.29) is 0 Å². The van der Waals surface area contributed by atoms with E-state index < -0.39 is 0 Å². The van der Waals surface area contributed by atoms with Gasteiger partial charge in [-0.3, -0.25) is 4.90 Å². The number of hydrogen-bond acceptors (Lipinski definition) is 3.